The molecule has 3 fully saturated rings. The molecule has 0 unspecified atom stereocenters. The van der Waals surface area contributed by atoms with E-state index in [0.29, 0.717) is 4.75 Å². The molecule has 0 aromatic carbocycles. The lowest BCUT2D eigenvalue weighted by molar-refractivity contribution is 0.293. The van der Waals surface area contributed by atoms with E-state index < -0.39 is 0 Å². The molecule has 21 heavy (non-hydrogen) atoms. The van der Waals surface area contributed by atoms with Gasteiger partial charge in [0.1, 0.15) is 0 Å². The Labute approximate surface area is 151 Å². The van der Waals surface area contributed by atoms with Crippen LogP contribution in [-0.2, 0) is 0 Å². The lowest BCUT2D eigenvalue weighted by Gasteiger charge is -2.45. The predicted molar refractivity (Wildman–Crippen MR) is 104 cm³/mol. The molecule has 1 aliphatic heterocycles. The maximum atomic E-state index is 4.90. The molecule has 0 aromatic rings. The molecule has 122 valence electrons. The first-order chi connectivity index (χ1) is 9.81. The Morgan fingerprint density at radius 3 is 2.71 bits per heavy atom. The summed E-state index contributed by atoms with van der Waals surface area (Å²) in [6.45, 7) is 6.60. The van der Waals surface area contributed by atoms with Crippen molar-refractivity contribution in [2.75, 3.05) is 31.9 Å². The van der Waals surface area contributed by atoms with Crippen LogP contribution in [0.5, 0.6) is 0 Å². The molecule has 2 aliphatic carbocycles. The zero-order chi connectivity index (χ0) is 13.8. The minimum Gasteiger partial charge on any atom is -0.357 e. The van der Waals surface area contributed by atoms with Gasteiger partial charge in [0.15, 0.2) is 5.96 Å². The predicted octanol–water partition coefficient (Wildman–Crippen LogP) is 3.73. The molecule has 0 bridgehead atoms. The summed E-state index contributed by atoms with van der Waals surface area (Å²) in [5, 5.41) is 3.52. The van der Waals surface area contributed by atoms with Crippen molar-refractivity contribution in [3.63, 3.8) is 0 Å². The molecule has 0 amide bonds. The monoisotopic (exact) mass is 423 g/mol. The van der Waals surface area contributed by atoms with Gasteiger partial charge in [0.25, 0.3) is 0 Å². The van der Waals surface area contributed by atoms with Gasteiger partial charge in [-0.1, -0.05) is 19.3 Å². The zero-order valence-electron chi connectivity index (χ0n) is 13.3. The van der Waals surface area contributed by atoms with E-state index in [0.717, 1.165) is 19.0 Å². The largest absolute Gasteiger partial charge is 0.357 e. The van der Waals surface area contributed by atoms with E-state index in [1.54, 1.807) is 0 Å². The number of thioether (sulfide) groups is 1. The summed E-state index contributed by atoms with van der Waals surface area (Å²) in [5.74, 6) is 3.34. The van der Waals surface area contributed by atoms with Gasteiger partial charge in [-0.3, -0.25) is 4.99 Å². The first-order valence-electron chi connectivity index (χ1n) is 8.48. The fourth-order valence-electron chi connectivity index (χ4n) is 3.47. The van der Waals surface area contributed by atoms with Gasteiger partial charge in [-0.25, -0.2) is 0 Å². The quantitative estimate of drug-likeness (QED) is 0.426. The van der Waals surface area contributed by atoms with Crippen LogP contribution in [0.2, 0.25) is 0 Å². The molecule has 2 saturated carbocycles. The maximum Gasteiger partial charge on any atom is 0.193 e. The summed E-state index contributed by atoms with van der Waals surface area (Å²) in [4.78, 5) is 7.45. The first-order valence-corrected chi connectivity index (χ1v) is 9.47. The molecule has 1 heterocycles. The number of nitrogens with one attached hydrogen (secondary N) is 1. The Kier molecular flexibility index (Phi) is 6.97. The number of guanidine groups is 1. The van der Waals surface area contributed by atoms with Crippen molar-refractivity contribution in [2.45, 2.75) is 56.6 Å². The highest BCUT2D eigenvalue weighted by molar-refractivity contribution is 14.0. The van der Waals surface area contributed by atoms with Crippen molar-refractivity contribution >= 4 is 41.7 Å². The van der Waals surface area contributed by atoms with Crippen molar-refractivity contribution in [1.82, 2.24) is 10.2 Å². The molecule has 1 spiro atoms. The number of halogens is 1. The summed E-state index contributed by atoms with van der Waals surface area (Å²) in [7, 11) is 0. The number of nitrogens with zero attached hydrogens (tertiary/aromatic N) is 2. The second kappa shape index (κ2) is 8.27. The van der Waals surface area contributed by atoms with Crippen LogP contribution >= 0.6 is 35.7 Å². The number of hydrogen-bond donors (Lipinski definition) is 1. The van der Waals surface area contributed by atoms with Crippen LogP contribution in [0.4, 0.5) is 0 Å². The summed E-state index contributed by atoms with van der Waals surface area (Å²) >= 11 is 2.24. The Morgan fingerprint density at radius 1 is 1.29 bits per heavy atom. The second-order valence-electron chi connectivity index (χ2n) is 6.65. The van der Waals surface area contributed by atoms with Gasteiger partial charge in [-0.15, -0.1) is 24.0 Å². The van der Waals surface area contributed by atoms with E-state index in [1.807, 2.05) is 0 Å². The fraction of sp³-hybridized carbons (Fsp3) is 0.938. The molecular weight excluding hydrogens is 393 g/mol. The van der Waals surface area contributed by atoms with Crippen molar-refractivity contribution in [3.05, 3.63) is 0 Å². The molecule has 0 radical (unpaired) electrons. The van der Waals surface area contributed by atoms with E-state index in [-0.39, 0.29) is 24.0 Å². The highest BCUT2D eigenvalue weighted by Gasteiger charge is 2.38. The third-order valence-electron chi connectivity index (χ3n) is 4.84. The number of aliphatic imine (C=N–C) groups is 1. The van der Waals surface area contributed by atoms with Crippen LogP contribution in [0.3, 0.4) is 0 Å². The van der Waals surface area contributed by atoms with Gasteiger partial charge in [0.2, 0.25) is 0 Å². The van der Waals surface area contributed by atoms with E-state index >= 15 is 0 Å². The summed E-state index contributed by atoms with van der Waals surface area (Å²) in [5.41, 5.74) is 0. The lowest BCUT2D eigenvalue weighted by atomic mass is 9.87. The van der Waals surface area contributed by atoms with Crippen LogP contribution in [0, 0.1) is 5.92 Å². The molecular formula is C16H30IN3S. The van der Waals surface area contributed by atoms with Crippen LogP contribution in [0.1, 0.15) is 51.9 Å². The van der Waals surface area contributed by atoms with Gasteiger partial charge in [-0.05, 0) is 38.5 Å². The lowest BCUT2D eigenvalue weighted by Crippen LogP contribution is -2.53. The Balaban J connectivity index is 0.00000161. The smallest absolute Gasteiger partial charge is 0.193 e. The third-order valence-corrected chi connectivity index (χ3v) is 6.38. The molecule has 1 N–H and O–H groups in total. The van der Waals surface area contributed by atoms with E-state index in [2.05, 4.69) is 28.9 Å². The zero-order valence-corrected chi connectivity index (χ0v) is 16.4. The Morgan fingerprint density at radius 2 is 2.05 bits per heavy atom. The maximum absolute atomic E-state index is 4.90. The van der Waals surface area contributed by atoms with Crippen LogP contribution in [0.15, 0.2) is 4.99 Å². The number of rotatable bonds is 3. The average molecular weight is 423 g/mol. The minimum absolute atomic E-state index is 0. The Hall–Kier alpha value is 0.350. The van der Waals surface area contributed by atoms with Crippen LogP contribution in [-0.4, -0.2) is 47.5 Å². The topological polar surface area (TPSA) is 27.6 Å². The third kappa shape index (κ3) is 4.91. The average Bonchev–Trinajstić information content (AvgIpc) is 3.28. The van der Waals surface area contributed by atoms with Gasteiger partial charge in [-0.2, -0.15) is 11.8 Å². The second-order valence-corrected chi connectivity index (χ2v) is 8.21. The summed E-state index contributed by atoms with van der Waals surface area (Å²) in [6.07, 6.45) is 9.91. The molecule has 1 saturated heterocycles. The van der Waals surface area contributed by atoms with Crippen molar-refractivity contribution < 1.29 is 0 Å². The first kappa shape index (κ1) is 17.7. The van der Waals surface area contributed by atoms with E-state index in [9.17, 15) is 0 Å². The van der Waals surface area contributed by atoms with Crippen molar-refractivity contribution in [3.8, 4) is 0 Å². The van der Waals surface area contributed by atoms with Crippen molar-refractivity contribution in [1.29, 1.82) is 0 Å². The SMILES string of the molecule is CCNC(=NCC1CC1)N1CCSC2(CCCCC2)C1.I. The highest BCUT2D eigenvalue weighted by Crippen LogP contribution is 2.42. The van der Waals surface area contributed by atoms with Gasteiger partial charge >= 0.3 is 0 Å². The van der Waals surface area contributed by atoms with Crippen molar-refractivity contribution in [2.24, 2.45) is 10.9 Å². The molecule has 5 heteroatoms. The molecule has 3 nitrogen and oxygen atoms in total. The van der Waals surface area contributed by atoms with Gasteiger partial charge < -0.3 is 10.2 Å². The van der Waals surface area contributed by atoms with Crippen LogP contribution in [0.25, 0.3) is 0 Å². The van der Waals surface area contributed by atoms with Crippen LogP contribution < -0.4 is 5.32 Å². The number of hydrogen-bond acceptors (Lipinski definition) is 2. The normalized spacial score (nSPS) is 25.6. The molecule has 3 aliphatic rings. The highest BCUT2D eigenvalue weighted by atomic mass is 127. The minimum atomic E-state index is 0. The summed E-state index contributed by atoms with van der Waals surface area (Å²) in [6, 6.07) is 0. The van der Waals surface area contributed by atoms with Gasteiger partial charge in [0, 0.05) is 36.7 Å². The molecule has 3 rings (SSSR count). The fourth-order valence-corrected chi connectivity index (χ4v) is 5.04. The molecule has 0 aromatic heterocycles. The Bertz CT molecular complexity index is 346. The van der Waals surface area contributed by atoms with E-state index in [4.69, 9.17) is 4.99 Å². The molecule has 0 atom stereocenters. The summed E-state index contributed by atoms with van der Waals surface area (Å²) < 4.78 is 0.534. The van der Waals surface area contributed by atoms with E-state index in [1.165, 1.54) is 69.7 Å². The standard InChI is InChI=1S/C16H29N3S.HI/c1-2-17-15(18-12-14-6-7-14)19-10-11-20-16(13-19)8-4-3-5-9-16;/h14H,2-13H2,1H3,(H,17,18);1H. The van der Waals surface area contributed by atoms with Gasteiger partial charge in [0.05, 0.1) is 0 Å².